The van der Waals surface area contributed by atoms with Crippen LogP contribution in [0.2, 0.25) is 0 Å². The largest absolute Gasteiger partial charge is 0.481 e. The van der Waals surface area contributed by atoms with Crippen molar-refractivity contribution in [1.82, 2.24) is 0 Å². The van der Waals surface area contributed by atoms with Gasteiger partial charge in [0.25, 0.3) is 0 Å². The molecule has 0 aromatic heterocycles. The molecule has 278 valence electrons. The zero-order chi connectivity index (χ0) is 37.5. The van der Waals surface area contributed by atoms with Crippen molar-refractivity contribution in [1.29, 1.82) is 0 Å². The second-order valence-electron chi connectivity index (χ2n) is 13.4. The van der Waals surface area contributed by atoms with Crippen LogP contribution in [0.25, 0.3) is 0 Å². The van der Waals surface area contributed by atoms with Crippen molar-refractivity contribution in [3.63, 3.8) is 0 Å². The Labute approximate surface area is 294 Å². The van der Waals surface area contributed by atoms with E-state index in [-0.39, 0.29) is 30.8 Å². The van der Waals surface area contributed by atoms with Crippen LogP contribution in [0, 0.1) is 11.8 Å². The summed E-state index contributed by atoms with van der Waals surface area (Å²) in [5.74, 6) is -5.54. The number of esters is 2. The van der Waals surface area contributed by atoms with Gasteiger partial charge in [-0.3, -0.25) is 14.4 Å². The van der Waals surface area contributed by atoms with Gasteiger partial charge in [-0.2, -0.15) is 0 Å². The van der Waals surface area contributed by atoms with Gasteiger partial charge in [0.2, 0.25) is 0 Å². The highest BCUT2D eigenvalue weighted by atomic mass is 16.7. The number of carbonyl (C=O) groups excluding carboxylic acids is 2. The zero-order valence-electron chi connectivity index (χ0n) is 30.1. The summed E-state index contributed by atoms with van der Waals surface area (Å²) in [7, 11) is 0. The summed E-state index contributed by atoms with van der Waals surface area (Å²) in [6.45, 7) is 10.7. The second-order valence-corrected chi connectivity index (χ2v) is 13.4. The van der Waals surface area contributed by atoms with Crippen LogP contribution in [-0.2, 0) is 42.9 Å². The van der Waals surface area contributed by atoms with Gasteiger partial charge in [0.1, 0.15) is 17.8 Å². The zero-order valence-corrected chi connectivity index (χ0v) is 30.1. The van der Waals surface area contributed by atoms with Crippen molar-refractivity contribution in [3.8, 4) is 0 Å². The van der Waals surface area contributed by atoms with E-state index < -0.39 is 53.4 Å². The Morgan fingerprint density at radius 3 is 2.24 bits per heavy atom. The molecule has 0 radical (unpaired) electrons. The van der Waals surface area contributed by atoms with E-state index in [1.54, 1.807) is 32.1 Å². The number of rotatable bonds is 18. The lowest BCUT2D eigenvalue weighted by molar-refractivity contribution is -0.344. The SMILES string of the molecule is CCCC[C@@]1(OC(=O)CCC(=O)O)CC[C@]2(CC[C@H](C)[C@@H](CC=C(C)C=C[C@H](OC(C)=O)[C@@H](C)C=CC(=O)O)O2)O[C@H]1C=CC(C)=CC(=O)O. The van der Waals surface area contributed by atoms with E-state index in [4.69, 9.17) is 29.2 Å². The van der Waals surface area contributed by atoms with Crippen molar-refractivity contribution in [2.24, 2.45) is 11.8 Å². The fourth-order valence-electron chi connectivity index (χ4n) is 6.14. The number of hydrogen-bond acceptors (Lipinski definition) is 9. The van der Waals surface area contributed by atoms with E-state index in [1.807, 2.05) is 26.0 Å². The van der Waals surface area contributed by atoms with Gasteiger partial charge in [0.15, 0.2) is 5.79 Å². The Kier molecular flexibility index (Phi) is 16.8. The molecule has 2 aliphatic rings. The van der Waals surface area contributed by atoms with Crippen LogP contribution in [0.5, 0.6) is 0 Å². The van der Waals surface area contributed by atoms with Crippen LogP contribution >= 0.6 is 0 Å². The summed E-state index contributed by atoms with van der Waals surface area (Å²) in [4.78, 5) is 58.0. The average molecular weight is 703 g/mol. The average Bonchev–Trinajstić information content (AvgIpc) is 3.04. The van der Waals surface area contributed by atoms with Crippen molar-refractivity contribution in [2.75, 3.05) is 0 Å². The van der Waals surface area contributed by atoms with Gasteiger partial charge in [-0.25, -0.2) is 9.59 Å². The molecular formula is C38H54O12. The lowest BCUT2D eigenvalue weighted by atomic mass is 9.78. The first kappa shape index (κ1) is 42.1. The number of ether oxygens (including phenoxy) is 4. The third-order valence-electron chi connectivity index (χ3n) is 9.05. The van der Waals surface area contributed by atoms with E-state index in [0.29, 0.717) is 37.7 Å². The first-order chi connectivity index (χ1) is 23.5. The lowest BCUT2D eigenvalue weighted by Gasteiger charge is -2.53. The van der Waals surface area contributed by atoms with E-state index >= 15 is 0 Å². The molecule has 0 bridgehead atoms. The van der Waals surface area contributed by atoms with Crippen LogP contribution in [0.4, 0.5) is 0 Å². The van der Waals surface area contributed by atoms with Crippen LogP contribution in [0.3, 0.4) is 0 Å². The Morgan fingerprint density at radius 2 is 1.62 bits per heavy atom. The fourth-order valence-corrected chi connectivity index (χ4v) is 6.14. The molecule has 0 saturated carbocycles. The Morgan fingerprint density at radius 1 is 0.900 bits per heavy atom. The lowest BCUT2D eigenvalue weighted by Crippen LogP contribution is -2.59. The first-order valence-corrected chi connectivity index (χ1v) is 17.3. The summed E-state index contributed by atoms with van der Waals surface area (Å²) >= 11 is 0. The molecule has 12 nitrogen and oxygen atoms in total. The number of carboxylic acid groups (broad SMARTS) is 3. The van der Waals surface area contributed by atoms with Gasteiger partial charge in [-0.15, -0.1) is 0 Å². The highest BCUT2D eigenvalue weighted by Crippen LogP contribution is 2.48. The van der Waals surface area contributed by atoms with Gasteiger partial charge in [-0.05, 0) is 63.5 Å². The van der Waals surface area contributed by atoms with Crippen molar-refractivity contribution >= 4 is 29.8 Å². The molecule has 2 fully saturated rings. The molecule has 2 heterocycles. The molecule has 2 saturated heterocycles. The number of carboxylic acids is 3. The van der Waals surface area contributed by atoms with Crippen LogP contribution in [0.15, 0.2) is 59.8 Å². The number of allylic oxidation sites excluding steroid dienone is 4. The summed E-state index contributed by atoms with van der Waals surface area (Å²) in [5, 5.41) is 27.3. The third-order valence-corrected chi connectivity index (χ3v) is 9.05. The first-order valence-electron chi connectivity index (χ1n) is 17.3. The maximum atomic E-state index is 12.9. The van der Waals surface area contributed by atoms with Crippen LogP contribution in [-0.4, -0.2) is 74.9 Å². The molecular weight excluding hydrogens is 648 g/mol. The second kappa shape index (κ2) is 20.0. The molecule has 3 N–H and O–H groups in total. The Hall–Kier alpha value is -4.03. The number of aliphatic carboxylic acids is 3. The summed E-state index contributed by atoms with van der Waals surface area (Å²) in [6, 6.07) is 0. The molecule has 7 atom stereocenters. The van der Waals surface area contributed by atoms with Gasteiger partial charge < -0.3 is 34.3 Å². The van der Waals surface area contributed by atoms with Crippen molar-refractivity contribution < 1.29 is 58.2 Å². The predicted molar refractivity (Wildman–Crippen MR) is 185 cm³/mol. The topological polar surface area (TPSA) is 183 Å². The van der Waals surface area contributed by atoms with Gasteiger partial charge >= 0.3 is 29.8 Å². The Balaban J connectivity index is 2.34. The standard InChI is InChI=1S/C38H54O12/c1-7-8-20-37(50-36(46)18-17-34(42)43)22-23-38(49-32(37)15-11-26(3)24-35(44)45)21-19-28(5)31(48-38)14-10-25(2)9-13-30(47-29(6)39)27(4)12-16-33(40)41/h9-13,15-16,24,27-28,30-32H,7-8,14,17-23H2,1-6H3,(H,40,41)(H,42,43)(H,44,45)/t27-,28-,30-,31+,32-,37+,38-/m0/s1. The third kappa shape index (κ3) is 14.1. The van der Waals surface area contributed by atoms with E-state index in [2.05, 4.69) is 6.92 Å². The molecule has 12 heteroatoms. The molecule has 1 spiro atoms. The summed E-state index contributed by atoms with van der Waals surface area (Å²) < 4.78 is 25.0. The number of unbranched alkanes of at least 4 members (excludes halogenated alkanes) is 1. The number of carbonyl (C=O) groups is 5. The highest BCUT2D eigenvalue weighted by molar-refractivity contribution is 5.81. The summed E-state index contributed by atoms with van der Waals surface area (Å²) in [5.41, 5.74) is 0.273. The fraction of sp³-hybridized carbons (Fsp3) is 0.605. The quantitative estimate of drug-likeness (QED) is 0.0782. The molecule has 0 unspecified atom stereocenters. The van der Waals surface area contributed by atoms with Crippen LogP contribution in [0.1, 0.15) is 106 Å². The molecule has 50 heavy (non-hydrogen) atoms. The number of hydrogen-bond donors (Lipinski definition) is 3. The molecule has 0 amide bonds. The molecule has 0 aliphatic carbocycles. The van der Waals surface area contributed by atoms with Crippen molar-refractivity contribution in [3.05, 3.63) is 59.8 Å². The summed E-state index contributed by atoms with van der Waals surface area (Å²) in [6.07, 6.45) is 15.0. The smallest absolute Gasteiger partial charge is 0.328 e. The minimum absolute atomic E-state index is 0.197. The maximum absolute atomic E-state index is 12.9. The highest BCUT2D eigenvalue weighted by Gasteiger charge is 2.54. The minimum atomic E-state index is -1.10. The predicted octanol–water partition coefficient (Wildman–Crippen LogP) is 6.70. The van der Waals surface area contributed by atoms with Crippen molar-refractivity contribution in [2.45, 2.75) is 135 Å². The molecule has 2 aliphatic heterocycles. The molecule has 0 aromatic carbocycles. The van der Waals surface area contributed by atoms with Gasteiger partial charge in [0, 0.05) is 37.8 Å². The molecule has 2 rings (SSSR count). The van der Waals surface area contributed by atoms with E-state index in [0.717, 1.165) is 37.0 Å². The van der Waals surface area contributed by atoms with Gasteiger partial charge in [-0.1, -0.05) is 63.1 Å². The monoisotopic (exact) mass is 702 g/mol. The minimum Gasteiger partial charge on any atom is -0.481 e. The van der Waals surface area contributed by atoms with Crippen LogP contribution < -0.4 is 0 Å². The van der Waals surface area contributed by atoms with E-state index in [9.17, 15) is 29.1 Å². The normalized spacial score (nSPS) is 27.4. The Bertz CT molecular complexity index is 1360. The maximum Gasteiger partial charge on any atom is 0.328 e. The van der Waals surface area contributed by atoms with E-state index in [1.165, 1.54) is 13.0 Å². The van der Waals surface area contributed by atoms with Gasteiger partial charge in [0.05, 0.1) is 18.9 Å². The molecule has 0 aromatic rings.